The molecule has 0 saturated heterocycles. The normalized spacial score (nSPS) is 10.4. The largest absolute Gasteiger partial charge is 0.370 e. The van der Waals surface area contributed by atoms with Gasteiger partial charge in [0.25, 0.3) is 5.91 Å². The lowest BCUT2D eigenvalue weighted by Gasteiger charge is -2.09. The molecule has 0 unspecified atom stereocenters. The lowest BCUT2D eigenvalue weighted by atomic mass is 10.2. The summed E-state index contributed by atoms with van der Waals surface area (Å²) in [4.78, 5) is 20.4. The number of carbonyl (C=O) groups is 1. The van der Waals surface area contributed by atoms with Crippen LogP contribution in [0.25, 0.3) is 0 Å². The Morgan fingerprint density at radius 2 is 2.19 bits per heavy atom. The Bertz CT molecular complexity index is 583. The van der Waals surface area contributed by atoms with E-state index in [0.717, 1.165) is 24.5 Å². The monoisotopic (exact) mass is 289 g/mol. The molecule has 112 valence electrons. The summed E-state index contributed by atoms with van der Waals surface area (Å²) in [6, 6.07) is 3.52. The Balaban J connectivity index is 1.93. The van der Waals surface area contributed by atoms with Gasteiger partial charge in [0.05, 0.1) is 0 Å². The van der Waals surface area contributed by atoms with Gasteiger partial charge >= 0.3 is 0 Å². The van der Waals surface area contributed by atoms with Gasteiger partial charge in [-0.2, -0.15) is 4.98 Å². The third kappa shape index (κ3) is 4.55. The third-order valence-corrected chi connectivity index (χ3v) is 2.81. The highest BCUT2D eigenvalue weighted by Crippen LogP contribution is 2.10. The molecule has 0 bridgehead atoms. The first-order valence-corrected chi connectivity index (χ1v) is 6.95. The van der Waals surface area contributed by atoms with Crippen molar-refractivity contribution in [3.05, 3.63) is 35.6 Å². The highest BCUT2D eigenvalue weighted by Gasteiger charge is 2.09. The predicted octanol–water partition coefficient (Wildman–Crippen LogP) is 1.57. The first-order chi connectivity index (χ1) is 10.2. The van der Waals surface area contributed by atoms with Gasteiger partial charge in [0.2, 0.25) is 6.39 Å². The zero-order chi connectivity index (χ0) is 15.1. The predicted molar refractivity (Wildman–Crippen MR) is 78.1 cm³/mol. The van der Waals surface area contributed by atoms with Crippen molar-refractivity contribution >= 4 is 11.7 Å². The maximum Gasteiger partial charge on any atom is 0.251 e. The SMILES string of the molecule is CCCNc1cc(C(=O)NCCc2ncon2)cc(C)n1. The van der Waals surface area contributed by atoms with E-state index in [1.807, 2.05) is 6.92 Å². The molecule has 2 N–H and O–H groups in total. The summed E-state index contributed by atoms with van der Waals surface area (Å²) in [7, 11) is 0. The van der Waals surface area contributed by atoms with Crippen LogP contribution in [0, 0.1) is 6.92 Å². The Hall–Kier alpha value is -2.44. The number of carbonyl (C=O) groups excluding carboxylic acids is 1. The summed E-state index contributed by atoms with van der Waals surface area (Å²) < 4.78 is 4.64. The van der Waals surface area contributed by atoms with Crippen molar-refractivity contribution in [2.45, 2.75) is 26.7 Å². The van der Waals surface area contributed by atoms with Gasteiger partial charge in [-0.1, -0.05) is 12.1 Å². The van der Waals surface area contributed by atoms with E-state index >= 15 is 0 Å². The molecular formula is C14H19N5O2. The lowest BCUT2D eigenvalue weighted by molar-refractivity contribution is 0.0953. The van der Waals surface area contributed by atoms with Crippen LogP contribution in [0.5, 0.6) is 0 Å². The molecule has 0 aliphatic rings. The molecule has 0 aliphatic heterocycles. The number of amides is 1. The van der Waals surface area contributed by atoms with Gasteiger partial charge in [-0.05, 0) is 25.5 Å². The van der Waals surface area contributed by atoms with Crippen LogP contribution in [0.3, 0.4) is 0 Å². The molecule has 0 radical (unpaired) electrons. The molecule has 0 atom stereocenters. The van der Waals surface area contributed by atoms with Crippen molar-refractivity contribution in [1.29, 1.82) is 0 Å². The third-order valence-electron chi connectivity index (χ3n) is 2.81. The number of pyridine rings is 1. The Morgan fingerprint density at radius 3 is 2.90 bits per heavy atom. The molecule has 0 fully saturated rings. The summed E-state index contributed by atoms with van der Waals surface area (Å²) in [5.41, 5.74) is 1.40. The number of rotatable bonds is 7. The summed E-state index contributed by atoms with van der Waals surface area (Å²) in [6.07, 6.45) is 2.81. The molecule has 0 spiro atoms. The molecular weight excluding hydrogens is 270 g/mol. The van der Waals surface area contributed by atoms with Crippen LogP contribution in [-0.4, -0.2) is 34.1 Å². The van der Waals surface area contributed by atoms with Gasteiger partial charge in [-0.3, -0.25) is 4.79 Å². The molecule has 0 saturated carbocycles. The van der Waals surface area contributed by atoms with Crippen LogP contribution in [0.15, 0.2) is 23.0 Å². The van der Waals surface area contributed by atoms with Crippen LogP contribution in [-0.2, 0) is 6.42 Å². The number of aryl methyl sites for hydroxylation is 1. The number of nitrogens with one attached hydrogen (secondary N) is 2. The van der Waals surface area contributed by atoms with Crippen molar-refractivity contribution in [3.8, 4) is 0 Å². The fourth-order valence-electron chi connectivity index (χ4n) is 1.84. The van der Waals surface area contributed by atoms with Gasteiger partial charge in [-0.15, -0.1) is 0 Å². The Morgan fingerprint density at radius 1 is 1.33 bits per heavy atom. The van der Waals surface area contributed by atoms with E-state index in [0.29, 0.717) is 24.4 Å². The Kier molecular flexibility index (Phi) is 5.25. The maximum absolute atomic E-state index is 12.1. The molecule has 2 heterocycles. The maximum atomic E-state index is 12.1. The standard InChI is InChI=1S/C14H19N5O2/c1-3-5-15-13-8-11(7-10(2)18-13)14(20)16-6-4-12-17-9-21-19-12/h7-9H,3-6H2,1-2H3,(H,15,18)(H,16,20). The molecule has 21 heavy (non-hydrogen) atoms. The van der Waals surface area contributed by atoms with E-state index in [4.69, 9.17) is 0 Å². The Labute approximate surface area is 123 Å². The fraction of sp³-hybridized carbons (Fsp3) is 0.429. The first-order valence-electron chi connectivity index (χ1n) is 6.95. The van der Waals surface area contributed by atoms with E-state index in [1.54, 1.807) is 12.1 Å². The second kappa shape index (κ2) is 7.37. The van der Waals surface area contributed by atoms with Crippen molar-refractivity contribution in [1.82, 2.24) is 20.4 Å². The second-order valence-corrected chi connectivity index (χ2v) is 4.66. The fourth-order valence-corrected chi connectivity index (χ4v) is 1.84. The highest BCUT2D eigenvalue weighted by molar-refractivity contribution is 5.95. The quantitative estimate of drug-likeness (QED) is 0.803. The summed E-state index contributed by atoms with van der Waals surface area (Å²) in [5.74, 6) is 1.16. The van der Waals surface area contributed by atoms with Gasteiger partial charge in [-0.25, -0.2) is 4.98 Å². The van der Waals surface area contributed by atoms with Crippen LogP contribution < -0.4 is 10.6 Å². The average Bonchev–Trinajstić information content (AvgIpc) is 2.97. The summed E-state index contributed by atoms with van der Waals surface area (Å²) >= 11 is 0. The molecule has 2 rings (SSSR count). The van der Waals surface area contributed by atoms with E-state index < -0.39 is 0 Å². The van der Waals surface area contributed by atoms with Crippen molar-refractivity contribution in [2.24, 2.45) is 0 Å². The smallest absolute Gasteiger partial charge is 0.251 e. The van der Waals surface area contributed by atoms with Gasteiger partial charge in [0.15, 0.2) is 5.82 Å². The molecule has 2 aromatic heterocycles. The zero-order valence-corrected chi connectivity index (χ0v) is 12.2. The lowest BCUT2D eigenvalue weighted by Crippen LogP contribution is -2.26. The van der Waals surface area contributed by atoms with Gasteiger partial charge < -0.3 is 15.2 Å². The number of hydrogen-bond acceptors (Lipinski definition) is 6. The number of aromatic nitrogens is 3. The average molecular weight is 289 g/mol. The van der Waals surface area contributed by atoms with E-state index in [1.165, 1.54) is 6.39 Å². The molecule has 7 heteroatoms. The topological polar surface area (TPSA) is 92.9 Å². The molecule has 2 aromatic rings. The number of hydrogen-bond donors (Lipinski definition) is 2. The van der Waals surface area contributed by atoms with Gasteiger partial charge in [0, 0.05) is 30.8 Å². The van der Waals surface area contributed by atoms with Crippen LogP contribution in [0.2, 0.25) is 0 Å². The van der Waals surface area contributed by atoms with Crippen LogP contribution >= 0.6 is 0 Å². The minimum atomic E-state index is -0.136. The highest BCUT2D eigenvalue weighted by atomic mass is 16.5. The second-order valence-electron chi connectivity index (χ2n) is 4.66. The minimum Gasteiger partial charge on any atom is -0.370 e. The van der Waals surface area contributed by atoms with Crippen molar-refractivity contribution in [2.75, 3.05) is 18.4 Å². The number of anilines is 1. The van der Waals surface area contributed by atoms with Gasteiger partial charge in [0.1, 0.15) is 5.82 Å². The number of nitrogens with zero attached hydrogens (tertiary/aromatic N) is 3. The van der Waals surface area contributed by atoms with E-state index in [-0.39, 0.29) is 5.91 Å². The van der Waals surface area contributed by atoms with E-state index in [2.05, 4.69) is 37.2 Å². The van der Waals surface area contributed by atoms with Crippen LogP contribution in [0.4, 0.5) is 5.82 Å². The molecule has 0 aliphatic carbocycles. The minimum absolute atomic E-state index is 0.136. The first kappa shape index (κ1) is 15.0. The van der Waals surface area contributed by atoms with Crippen molar-refractivity contribution in [3.63, 3.8) is 0 Å². The molecule has 1 amide bonds. The zero-order valence-electron chi connectivity index (χ0n) is 12.2. The van der Waals surface area contributed by atoms with E-state index in [9.17, 15) is 4.79 Å². The molecule has 0 aromatic carbocycles. The summed E-state index contributed by atoms with van der Waals surface area (Å²) in [5, 5.41) is 9.71. The molecule has 7 nitrogen and oxygen atoms in total. The summed E-state index contributed by atoms with van der Waals surface area (Å²) in [6.45, 7) is 5.23. The van der Waals surface area contributed by atoms with Crippen molar-refractivity contribution < 1.29 is 9.32 Å². The van der Waals surface area contributed by atoms with Crippen LogP contribution in [0.1, 0.15) is 35.2 Å².